The zero-order valence-corrected chi connectivity index (χ0v) is 6.83. The summed E-state index contributed by atoms with van der Waals surface area (Å²) in [7, 11) is 0. The molecule has 1 fully saturated rings. The Kier molecular flexibility index (Phi) is 2.82. The molecule has 0 spiro atoms. The summed E-state index contributed by atoms with van der Waals surface area (Å²) in [6.07, 6.45) is 0.766. The Labute approximate surface area is 65.6 Å². The summed E-state index contributed by atoms with van der Waals surface area (Å²) in [6.45, 7) is 1.81. The Hall–Kier alpha value is -0.420. The molecule has 0 aromatic carbocycles. The fourth-order valence-corrected chi connectivity index (χ4v) is 2.05. The number of hydrogen-bond acceptors (Lipinski definition) is 2. The standard InChI is InChI=1S/C8H10OS/c1-2-3-4-7-5-10-6-8(7)9/h7H,4-6H2,1H3. The van der Waals surface area contributed by atoms with Crippen molar-refractivity contribution >= 4 is 17.5 Å². The van der Waals surface area contributed by atoms with Gasteiger partial charge >= 0.3 is 0 Å². The second-order valence-corrected chi connectivity index (χ2v) is 3.34. The van der Waals surface area contributed by atoms with Crippen molar-refractivity contribution in [2.45, 2.75) is 13.3 Å². The predicted octanol–water partition coefficient (Wildman–Crippen LogP) is 1.33. The van der Waals surface area contributed by atoms with Crippen molar-refractivity contribution in [2.24, 2.45) is 5.92 Å². The fourth-order valence-electron chi connectivity index (χ4n) is 0.911. The van der Waals surface area contributed by atoms with Crippen molar-refractivity contribution < 1.29 is 4.79 Å². The van der Waals surface area contributed by atoms with Crippen LogP contribution in [0.25, 0.3) is 0 Å². The summed E-state index contributed by atoms with van der Waals surface area (Å²) >= 11 is 1.72. The van der Waals surface area contributed by atoms with Gasteiger partial charge in [-0.15, -0.1) is 11.8 Å². The summed E-state index contributed by atoms with van der Waals surface area (Å²) in [5.74, 6) is 8.04. The van der Waals surface area contributed by atoms with Crippen molar-refractivity contribution in [3.63, 3.8) is 0 Å². The van der Waals surface area contributed by atoms with Crippen molar-refractivity contribution in [2.75, 3.05) is 11.5 Å². The van der Waals surface area contributed by atoms with Gasteiger partial charge in [0.1, 0.15) is 5.78 Å². The fraction of sp³-hybridized carbons (Fsp3) is 0.625. The summed E-state index contributed by atoms with van der Waals surface area (Å²) in [4.78, 5) is 11.0. The minimum atomic E-state index is 0.234. The molecular formula is C8H10OS. The molecule has 1 atom stereocenters. The molecule has 0 aromatic rings. The lowest BCUT2D eigenvalue weighted by Crippen LogP contribution is -2.09. The van der Waals surface area contributed by atoms with Gasteiger partial charge in [0, 0.05) is 18.1 Å². The number of carbonyl (C=O) groups is 1. The second-order valence-electron chi connectivity index (χ2n) is 2.31. The molecular weight excluding hydrogens is 144 g/mol. The molecule has 0 aromatic heterocycles. The molecule has 0 aliphatic carbocycles. The quantitative estimate of drug-likeness (QED) is 0.530. The highest BCUT2D eigenvalue weighted by Crippen LogP contribution is 2.22. The van der Waals surface area contributed by atoms with Crippen LogP contribution in [0.4, 0.5) is 0 Å². The highest BCUT2D eigenvalue weighted by atomic mass is 32.2. The van der Waals surface area contributed by atoms with E-state index < -0.39 is 0 Å². The van der Waals surface area contributed by atoms with Crippen molar-refractivity contribution in [3.05, 3.63) is 0 Å². The minimum absolute atomic E-state index is 0.234. The average molecular weight is 154 g/mol. The Morgan fingerprint density at radius 3 is 3.10 bits per heavy atom. The van der Waals surface area contributed by atoms with E-state index >= 15 is 0 Å². The van der Waals surface area contributed by atoms with E-state index in [1.54, 1.807) is 11.8 Å². The van der Waals surface area contributed by atoms with E-state index in [2.05, 4.69) is 11.8 Å². The first-order valence-corrected chi connectivity index (χ1v) is 4.50. The van der Waals surface area contributed by atoms with Crippen molar-refractivity contribution in [3.8, 4) is 11.8 Å². The largest absolute Gasteiger partial charge is 0.298 e. The van der Waals surface area contributed by atoms with E-state index in [0.717, 1.165) is 12.2 Å². The molecule has 0 bridgehead atoms. The van der Waals surface area contributed by atoms with Crippen LogP contribution in [0.5, 0.6) is 0 Å². The minimum Gasteiger partial charge on any atom is -0.298 e. The summed E-state index contributed by atoms with van der Waals surface area (Å²) in [5.41, 5.74) is 0. The lowest BCUT2D eigenvalue weighted by atomic mass is 10.0. The average Bonchev–Trinajstić information content (AvgIpc) is 2.31. The third-order valence-electron chi connectivity index (χ3n) is 1.54. The molecule has 1 aliphatic heterocycles. The van der Waals surface area contributed by atoms with Gasteiger partial charge in [0.2, 0.25) is 0 Å². The molecule has 1 rings (SSSR count). The molecule has 1 aliphatic rings. The molecule has 1 nitrogen and oxygen atoms in total. The molecule has 1 unspecified atom stereocenters. The van der Waals surface area contributed by atoms with Gasteiger partial charge in [-0.25, -0.2) is 0 Å². The number of carbonyl (C=O) groups excluding carboxylic acids is 1. The number of rotatable bonds is 1. The molecule has 2 heteroatoms. The van der Waals surface area contributed by atoms with Gasteiger partial charge in [-0.2, -0.15) is 11.8 Å². The SMILES string of the molecule is CC#CCC1CSCC1=O. The summed E-state index contributed by atoms with van der Waals surface area (Å²) < 4.78 is 0. The molecule has 54 valence electrons. The van der Waals surface area contributed by atoms with E-state index in [4.69, 9.17) is 0 Å². The monoisotopic (exact) mass is 154 g/mol. The van der Waals surface area contributed by atoms with Crippen LogP contribution in [0, 0.1) is 17.8 Å². The first-order chi connectivity index (χ1) is 4.84. The van der Waals surface area contributed by atoms with E-state index in [1.165, 1.54) is 0 Å². The van der Waals surface area contributed by atoms with E-state index in [9.17, 15) is 4.79 Å². The van der Waals surface area contributed by atoms with Crippen LogP contribution in [0.15, 0.2) is 0 Å². The molecule has 0 saturated carbocycles. The maximum atomic E-state index is 11.0. The Morgan fingerprint density at radius 2 is 2.60 bits per heavy atom. The number of hydrogen-bond donors (Lipinski definition) is 0. The van der Waals surface area contributed by atoms with Crippen LogP contribution in [-0.4, -0.2) is 17.3 Å². The number of thioether (sulfide) groups is 1. The molecule has 0 N–H and O–H groups in total. The zero-order chi connectivity index (χ0) is 7.40. The maximum absolute atomic E-state index is 11.0. The van der Waals surface area contributed by atoms with Crippen molar-refractivity contribution in [1.82, 2.24) is 0 Å². The van der Waals surface area contributed by atoms with E-state index in [-0.39, 0.29) is 5.92 Å². The Morgan fingerprint density at radius 1 is 1.80 bits per heavy atom. The summed E-state index contributed by atoms with van der Waals surface area (Å²) in [5, 5.41) is 0. The molecule has 0 radical (unpaired) electrons. The molecule has 0 amide bonds. The lowest BCUT2D eigenvalue weighted by molar-refractivity contribution is -0.118. The maximum Gasteiger partial charge on any atom is 0.147 e. The summed E-state index contributed by atoms with van der Waals surface area (Å²) in [6, 6.07) is 0. The highest BCUT2D eigenvalue weighted by Gasteiger charge is 2.23. The first-order valence-electron chi connectivity index (χ1n) is 3.34. The van der Waals surface area contributed by atoms with Crippen LogP contribution in [0.1, 0.15) is 13.3 Å². The van der Waals surface area contributed by atoms with Gasteiger partial charge in [0.05, 0.1) is 5.75 Å². The van der Waals surface area contributed by atoms with E-state index in [1.807, 2.05) is 6.92 Å². The van der Waals surface area contributed by atoms with Crippen LogP contribution in [0.3, 0.4) is 0 Å². The van der Waals surface area contributed by atoms with Crippen LogP contribution < -0.4 is 0 Å². The lowest BCUT2D eigenvalue weighted by Gasteiger charge is -1.97. The van der Waals surface area contributed by atoms with Crippen LogP contribution in [0.2, 0.25) is 0 Å². The zero-order valence-electron chi connectivity index (χ0n) is 6.02. The predicted molar refractivity (Wildman–Crippen MR) is 43.9 cm³/mol. The molecule has 10 heavy (non-hydrogen) atoms. The van der Waals surface area contributed by atoms with Gasteiger partial charge in [-0.05, 0) is 6.92 Å². The second kappa shape index (κ2) is 3.68. The van der Waals surface area contributed by atoms with E-state index in [0.29, 0.717) is 11.5 Å². The smallest absolute Gasteiger partial charge is 0.147 e. The van der Waals surface area contributed by atoms with Gasteiger partial charge in [0.15, 0.2) is 0 Å². The third kappa shape index (κ3) is 1.78. The van der Waals surface area contributed by atoms with Gasteiger partial charge in [0.25, 0.3) is 0 Å². The highest BCUT2D eigenvalue weighted by molar-refractivity contribution is 8.00. The first kappa shape index (κ1) is 7.68. The molecule has 1 saturated heterocycles. The molecule has 1 heterocycles. The third-order valence-corrected chi connectivity index (χ3v) is 2.67. The van der Waals surface area contributed by atoms with Gasteiger partial charge in [-0.3, -0.25) is 4.79 Å². The van der Waals surface area contributed by atoms with Gasteiger partial charge in [-0.1, -0.05) is 0 Å². The van der Waals surface area contributed by atoms with Gasteiger partial charge < -0.3 is 0 Å². The topological polar surface area (TPSA) is 17.1 Å². The van der Waals surface area contributed by atoms with Crippen molar-refractivity contribution in [1.29, 1.82) is 0 Å². The number of ketones is 1. The normalized spacial score (nSPS) is 24.1. The van der Waals surface area contributed by atoms with Crippen LogP contribution in [-0.2, 0) is 4.79 Å². The Balaban J connectivity index is 2.38. The number of Topliss-reactive ketones (excluding diaryl/α,β-unsaturated/α-hetero) is 1. The van der Waals surface area contributed by atoms with Crippen LogP contribution >= 0.6 is 11.8 Å². The Bertz CT molecular complexity index is 187.